The van der Waals surface area contributed by atoms with Crippen molar-refractivity contribution in [1.29, 1.82) is 0 Å². The van der Waals surface area contributed by atoms with Crippen molar-refractivity contribution >= 4 is 5.96 Å². The van der Waals surface area contributed by atoms with E-state index in [1.807, 2.05) is 7.05 Å². The van der Waals surface area contributed by atoms with Crippen molar-refractivity contribution < 1.29 is 9.13 Å². The molecule has 3 unspecified atom stereocenters. The highest BCUT2D eigenvalue weighted by molar-refractivity contribution is 5.80. The number of aliphatic imine (C=N–C) groups is 1. The Hall–Kier alpha value is -1.62. The summed E-state index contributed by atoms with van der Waals surface area (Å²) in [4.78, 5) is 6.84. The standard InChI is InChI=1S/C19H28FN3O/c1-21-19(23-12-15-5-3-4-6-16(15)13-23)22-11-18(24-2)14-7-9-17(20)10-8-14/h7-10,15-16,18H,3-6,11-13H2,1-2H3,(H,21,22). The molecule has 0 radical (unpaired) electrons. The highest BCUT2D eigenvalue weighted by atomic mass is 19.1. The van der Waals surface area contributed by atoms with Gasteiger partial charge in [0.15, 0.2) is 5.96 Å². The first kappa shape index (κ1) is 17.2. The number of ether oxygens (including phenoxy) is 1. The first-order valence-electron chi connectivity index (χ1n) is 8.95. The summed E-state index contributed by atoms with van der Waals surface area (Å²) in [6.07, 6.45) is 5.34. The number of halogens is 1. The van der Waals surface area contributed by atoms with Crippen molar-refractivity contribution in [3.63, 3.8) is 0 Å². The van der Waals surface area contributed by atoms with Crippen LogP contribution in [0, 0.1) is 17.7 Å². The summed E-state index contributed by atoms with van der Waals surface area (Å²) in [5, 5.41) is 3.44. The maximum absolute atomic E-state index is 13.1. The van der Waals surface area contributed by atoms with Crippen LogP contribution < -0.4 is 5.32 Å². The lowest BCUT2D eigenvalue weighted by Crippen LogP contribution is -2.42. The molecule has 1 aliphatic heterocycles. The molecular weight excluding hydrogens is 305 g/mol. The SMILES string of the molecule is CN=C(NCC(OC)c1ccc(F)cc1)N1CC2CCCCC2C1. The second-order valence-electron chi connectivity index (χ2n) is 6.91. The Kier molecular flexibility index (Phi) is 5.72. The van der Waals surface area contributed by atoms with Gasteiger partial charge < -0.3 is 15.0 Å². The lowest BCUT2D eigenvalue weighted by molar-refractivity contribution is 0.106. The minimum Gasteiger partial charge on any atom is -0.375 e. The summed E-state index contributed by atoms with van der Waals surface area (Å²) < 4.78 is 18.7. The molecule has 1 saturated heterocycles. The molecule has 1 aliphatic carbocycles. The molecule has 1 saturated carbocycles. The fraction of sp³-hybridized carbons (Fsp3) is 0.632. The van der Waals surface area contributed by atoms with Crippen LogP contribution in [-0.2, 0) is 4.74 Å². The van der Waals surface area contributed by atoms with Crippen molar-refractivity contribution in [1.82, 2.24) is 10.2 Å². The number of nitrogens with one attached hydrogen (secondary N) is 1. The van der Waals surface area contributed by atoms with E-state index >= 15 is 0 Å². The number of benzene rings is 1. The lowest BCUT2D eigenvalue weighted by Gasteiger charge is -2.24. The smallest absolute Gasteiger partial charge is 0.193 e. The predicted octanol–water partition coefficient (Wildman–Crippen LogP) is 3.21. The Morgan fingerprint density at radius 3 is 2.42 bits per heavy atom. The summed E-state index contributed by atoms with van der Waals surface area (Å²) in [6.45, 7) is 2.84. The van der Waals surface area contributed by atoms with Gasteiger partial charge in [0.25, 0.3) is 0 Å². The van der Waals surface area contributed by atoms with Crippen LogP contribution >= 0.6 is 0 Å². The minimum atomic E-state index is -0.225. The van der Waals surface area contributed by atoms with Crippen LogP contribution in [0.3, 0.4) is 0 Å². The van der Waals surface area contributed by atoms with Gasteiger partial charge in [0.2, 0.25) is 0 Å². The number of rotatable bonds is 4. The fourth-order valence-electron chi connectivity index (χ4n) is 4.11. The fourth-order valence-corrected chi connectivity index (χ4v) is 4.11. The second kappa shape index (κ2) is 7.97. The maximum atomic E-state index is 13.1. The van der Waals surface area contributed by atoms with E-state index in [2.05, 4.69) is 15.2 Å². The monoisotopic (exact) mass is 333 g/mol. The molecule has 1 aromatic carbocycles. The molecule has 0 spiro atoms. The van der Waals surface area contributed by atoms with Gasteiger partial charge in [0.05, 0.1) is 6.10 Å². The van der Waals surface area contributed by atoms with E-state index in [0.717, 1.165) is 36.4 Å². The first-order valence-corrected chi connectivity index (χ1v) is 8.95. The van der Waals surface area contributed by atoms with Crippen molar-refractivity contribution in [2.75, 3.05) is 33.8 Å². The number of likely N-dealkylation sites (tertiary alicyclic amines) is 1. The van der Waals surface area contributed by atoms with E-state index < -0.39 is 0 Å². The third kappa shape index (κ3) is 3.89. The average Bonchev–Trinajstić information content (AvgIpc) is 3.04. The van der Waals surface area contributed by atoms with Gasteiger partial charge in [-0.2, -0.15) is 0 Å². The molecule has 1 aromatic rings. The highest BCUT2D eigenvalue weighted by Gasteiger charge is 2.35. The Bertz CT molecular complexity index is 546. The molecule has 0 aromatic heterocycles. The van der Waals surface area contributed by atoms with Crippen LogP contribution in [0.15, 0.2) is 29.3 Å². The van der Waals surface area contributed by atoms with Gasteiger partial charge in [0.1, 0.15) is 5.82 Å². The number of guanidine groups is 1. The van der Waals surface area contributed by atoms with Crippen LogP contribution in [-0.4, -0.2) is 44.7 Å². The van der Waals surface area contributed by atoms with E-state index in [4.69, 9.17) is 4.74 Å². The molecule has 4 nitrogen and oxygen atoms in total. The first-order chi connectivity index (χ1) is 11.7. The topological polar surface area (TPSA) is 36.9 Å². The van der Waals surface area contributed by atoms with Gasteiger partial charge >= 0.3 is 0 Å². The van der Waals surface area contributed by atoms with Crippen LogP contribution in [0.25, 0.3) is 0 Å². The van der Waals surface area contributed by atoms with Gasteiger partial charge in [0, 0.05) is 33.8 Å². The normalized spacial score (nSPS) is 25.5. The average molecular weight is 333 g/mol. The Morgan fingerprint density at radius 1 is 1.25 bits per heavy atom. The molecule has 24 heavy (non-hydrogen) atoms. The lowest BCUT2D eigenvalue weighted by atomic mass is 9.82. The maximum Gasteiger partial charge on any atom is 0.193 e. The zero-order chi connectivity index (χ0) is 16.9. The van der Waals surface area contributed by atoms with E-state index in [1.54, 1.807) is 19.2 Å². The number of fused-ring (bicyclic) bond motifs is 1. The molecule has 2 fully saturated rings. The molecule has 5 heteroatoms. The van der Waals surface area contributed by atoms with Crippen LogP contribution in [0.4, 0.5) is 4.39 Å². The van der Waals surface area contributed by atoms with Gasteiger partial charge in [-0.15, -0.1) is 0 Å². The Morgan fingerprint density at radius 2 is 1.88 bits per heavy atom. The molecule has 0 amide bonds. The zero-order valence-corrected chi connectivity index (χ0v) is 14.7. The summed E-state index contributed by atoms with van der Waals surface area (Å²) in [5.74, 6) is 2.38. The summed E-state index contributed by atoms with van der Waals surface area (Å²) in [7, 11) is 3.52. The third-order valence-electron chi connectivity index (χ3n) is 5.46. The van der Waals surface area contributed by atoms with Gasteiger partial charge in [-0.25, -0.2) is 4.39 Å². The van der Waals surface area contributed by atoms with Gasteiger partial charge in [-0.3, -0.25) is 4.99 Å². The Balaban J connectivity index is 1.58. The predicted molar refractivity (Wildman–Crippen MR) is 94.5 cm³/mol. The van der Waals surface area contributed by atoms with Crippen LogP contribution in [0.1, 0.15) is 37.4 Å². The van der Waals surface area contributed by atoms with E-state index in [9.17, 15) is 4.39 Å². The summed E-state index contributed by atoms with van der Waals surface area (Å²) in [6, 6.07) is 6.50. The van der Waals surface area contributed by atoms with E-state index in [1.165, 1.54) is 37.8 Å². The van der Waals surface area contributed by atoms with Crippen molar-refractivity contribution in [2.24, 2.45) is 16.8 Å². The highest BCUT2D eigenvalue weighted by Crippen LogP contribution is 2.35. The molecule has 1 heterocycles. The number of methoxy groups -OCH3 is 1. The van der Waals surface area contributed by atoms with Crippen molar-refractivity contribution in [3.05, 3.63) is 35.6 Å². The third-order valence-corrected chi connectivity index (χ3v) is 5.46. The molecule has 1 N–H and O–H groups in total. The van der Waals surface area contributed by atoms with Crippen LogP contribution in [0.5, 0.6) is 0 Å². The molecule has 3 atom stereocenters. The van der Waals surface area contributed by atoms with Crippen molar-refractivity contribution in [3.8, 4) is 0 Å². The van der Waals surface area contributed by atoms with Crippen molar-refractivity contribution in [2.45, 2.75) is 31.8 Å². The number of hydrogen-bond donors (Lipinski definition) is 1. The molecule has 0 bridgehead atoms. The molecular formula is C19H28FN3O. The van der Waals surface area contributed by atoms with Crippen LogP contribution in [0.2, 0.25) is 0 Å². The molecule has 3 rings (SSSR count). The van der Waals surface area contributed by atoms with Gasteiger partial charge in [-0.1, -0.05) is 25.0 Å². The second-order valence-corrected chi connectivity index (χ2v) is 6.91. The quantitative estimate of drug-likeness (QED) is 0.679. The number of nitrogens with zero attached hydrogens (tertiary/aromatic N) is 2. The minimum absolute atomic E-state index is 0.118. The van der Waals surface area contributed by atoms with E-state index in [-0.39, 0.29) is 11.9 Å². The largest absolute Gasteiger partial charge is 0.375 e. The Labute approximate surface area is 144 Å². The molecule has 132 valence electrons. The number of hydrogen-bond acceptors (Lipinski definition) is 2. The summed E-state index contributed by atoms with van der Waals surface area (Å²) in [5.41, 5.74) is 0.969. The van der Waals surface area contributed by atoms with E-state index in [0.29, 0.717) is 6.54 Å². The summed E-state index contributed by atoms with van der Waals surface area (Å²) >= 11 is 0. The zero-order valence-electron chi connectivity index (χ0n) is 14.7. The molecule has 2 aliphatic rings. The van der Waals surface area contributed by atoms with Gasteiger partial charge in [-0.05, 0) is 42.4 Å².